The van der Waals surface area contributed by atoms with E-state index in [4.69, 9.17) is 0 Å². The molecule has 2 aromatic rings. The monoisotopic (exact) mass is 215 g/mol. The number of aryl methyl sites for hydroxylation is 2. The van der Waals surface area contributed by atoms with Gasteiger partial charge in [-0.05, 0) is 49.7 Å². The van der Waals surface area contributed by atoms with Crippen molar-refractivity contribution in [2.45, 2.75) is 20.4 Å². The lowest BCUT2D eigenvalue weighted by atomic mass is 10.1. The average Bonchev–Trinajstić information content (AvgIpc) is 2.68. The molecule has 1 aromatic carbocycles. The Morgan fingerprint density at radius 3 is 2.69 bits per heavy atom. The highest BCUT2D eigenvalue weighted by atomic mass is 15.3. The molecule has 0 saturated carbocycles. The van der Waals surface area contributed by atoms with Gasteiger partial charge in [0.05, 0.1) is 11.9 Å². The largest absolute Gasteiger partial charge is 0.316 e. The highest BCUT2D eigenvalue weighted by Gasteiger charge is 2.02. The molecule has 16 heavy (non-hydrogen) atoms. The first-order valence-corrected chi connectivity index (χ1v) is 5.46. The van der Waals surface area contributed by atoms with Gasteiger partial charge >= 0.3 is 0 Å². The Balaban J connectivity index is 2.34. The van der Waals surface area contributed by atoms with Gasteiger partial charge in [-0.3, -0.25) is 0 Å². The molecule has 0 unspecified atom stereocenters. The van der Waals surface area contributed by atoms with Crippen LogP contribution in [0, 0.1) is 13.8 Å². The first-order chi connectivity index (χ1) is 7.70. The Hall–Kier alpha value is -1.61. The fourth-order valence-electron chi connectivity index (χ4n) is 1.77. The van der Waals surface area contributed by atoms with Crippen molar-refractivity contribution in [2.24, 2.45) is 0 Å². The summed E-state index contributed by atoms with van der Waals surface area (Å²) in [6.45, 7) is 5.09. The van der Waals surface area contributed by atoms with Crippen LogP contribution in [0.5, 0.6) is 0 Å². The first kappa shape index (κ1) is 10.9. The van der Waals surface area contributed by atoms with Gasteiger partial charge in [-0.25, -0.2) is 4.68 Å². The molecular weight excluding hydrogens is 198 g/mol. The molecule has 0 aliphatic rings. The summed E-state index contributed by atoms with van der Waals surface area (Å²) < 4.78 is 1.91. The third kappa shape index (κ3) is 2.14. The van der Waals surface area contributed by atoms with Gasteiger partial charge in [0.1, 0.15) is 0 Å². The molecule has 1 aromatic heterocycles. The van der Waals surface area contributed by atoms with Crippen LogP contribution < -0.4 is 5.32 Å². The summed E-state index contributed by atoms with van der Waals surface area (Å²) in [5, 5.41) is 7.47. The highest BCUT2D eigenvalue weighted by Crippen LogP contribution is 2.14. The Bertz CT molecular complexity index is 486. The summed E-state index contributed by atoms with van der Waals surface area (Å²) in [6.07, 6.45) is 3.91. The molecule has 0 aliphatic heterocycles. The van der Waals surface area contributed by atoms with E-state index in [1.54, 1.807) is 0 Å². The van der Waals surface area contributed by atoms with Crippen molar-refractivity contribution in [3.05, 3.63) is 47.3 Å². The predicted molar refractivity (Wildman–Crippen MR) is 65.8 cm³/mol. The summed E-state index contributed by atoms with van der Waals surface area (Å²) in [4.78, 5) is 0. The molecule has 84 valence electrons. The van der Waals surface area contributed by atoms with Crippen molar-refractivity contribution >= 4 is 0 Å². The summed E-state index contributed by atoms with van der Waals surface area (Å²) >= 11 is 0. The number of hydrogen-bond acceptors (Lipinski definition) is 2. The molecule has 0 saturated heterocycles. The lowest BCUT2D eigenvalue weighted by Crippen LogP contribution is -2.07. The van der Waals surface area contributed by atoms with E-state index in [-0.39, 0.29) is 0 Å². The number of aromatic nitrogens is 2. The minimum absolute atomic E-state index is 0.907. The number of nitrogens with one attached hydrogen (secondary N) is 1. The molecule has 0 spiro atoms. The van der Waals surface area contributed by atoms with E-state index in [2.05, 4.69) is 35.5 Å². The maximum absolute atomic E-state index is 4.30. The Morgan fingerprint density at radius 2 is 2.12 bits per heavy atom. The van der Waals surface area contributed by atoms with Crippen molar-refractivity contribution in [3.8, 4) is 5.69 Å². The van der Waals surface area contributed by atoms with Crippen LogP contribution in [-0.4, -0.2) is 16.8 Å². The molecule has 0 bridgehead atoms. The second-order valence-electron chi connectivity index (χ2n) is 4.10. The van der Waals surface area contributed by atoms with Crippen molar-refractivity contribution < 1.29 is 0 Å². The minimum Gasteiger partial charge on any atom is -0.316 e. The highest BCUT2D eigenvalue weighted by molar-refractivity contribution is 5.39. The molecular formula is C13H17N3. The van der Waals surface area contributed by atoms with Crippen LogP contribution in [0.3, 0.4) is 0 Å². The number of rotatable bonds is 3. The van der Waals surface area contributed by atoms with Crippen LogP contribution in [0.4, 0.5) is 0 Å². The van der Waals surface area contributed by atoms with Gasteiger partial charge in [-0.15, -0.1) is 0 Å². The maximum atomic E-state index is 4.30. The third-order valence-electron chi connectivity index (χ3n) is 2.67. The topological polar surface area (TPSA) is 29.9 Å². The molecule has 0 aliphatic carbocycles. The molecule has 0 radical (unpaired) electrons. The summed E-state index contributed by atoms with van der Waals surface area (Å²) in [7, 11) is 1.96. The lowest BCUT2D eigenvalue weighted by Gasteiger charge is -2.08. The van der Waals surface area contributed by atoms with Gasteiger partial charge in [-0.2, -0.15) is 5.10 Å². The zero-order chi connectivity index (χ0) is 11.5. The molecule has 0 atom stereocenters. The Kier molecular flexibility index (Phi) is 3.06. The second-order valence-corrected chi connectivity index (χ2v) is 4.10. The normalized spacial score (nSPS) is 10.7. The van der Waals surface area contributed by atoms with Crippen molar-refractivity contribution in [1.29, 1.82) is 0 Å². The Morgan fingerprint density at radius 1 is 1.31 bits per heavy atom. The van der Waals surface area contributed by atoms with Crippen LogP contribution >= 0.6 is 0 Å². The van der Waals surface area contributed by atoms with E-state index < -0.39 is 0 Å². The van der Waals surface area contributed by atoms with Crippen molar-refractivity contribution in [2.75, 3.05) is 7.05 Å². The quantitative estimate of drug-likeness (QED) is 0.850. The molecule has 2 rings (SSSR count). The SMILES string of the molecule is CNCc1ccc(-n2cc(C)cn2)cc1C. The van der Waals surface area contributed by atoms with E-state index in [9.17, 15) is 0 Å². The van der Waals surface area contributed by atoms with Gasteiger partial charge in [0, 0.05) is 12.7 Å². The molecule has 3 nitrogen and oxygen atoms in total. The zero-order valence-electron chi connectivity index (χ0n) is 9.99. The van der Waals surface area contributed by atoms with Crippen molar-refractivity contribution in [1.82, 2.24) is 15.1 Å². The van der Waals surface area contributed by atoms with Gasteiger partial charge < -0.3 is 5.32 Å². The fourth-order valence-corrected chi connectivity index (χ4v) is 1.77. The lowest BCUT2D eigenvalue weighted by molar-refractivity contribution is 0.808. The summed E-state index contributed by atoms with van der Waals surface area (Å²) in [6, 6.07) is 6.42. The van der Waals surface area contributed by atoms with Gasteiger partial charge in [0.2, 0.25) is 0 Å². The molecule has 1 heterocycles. The molecule has 0 fully saturated rings. The molecule has 1 N–H and O–H groups in total. The minimum atomic E-state index is 0.907. The third-order valence-corrected chi connectivity index (χ3v) is 2.67. The van der Waals surface area contributed by atoms with Crippen LogP contribution in [0.25, 0.3) is 5.69 Å². The fraction of sp³-hybridized carbons (Fsp3) is 0.308. The predicted octanol–water partition coefficient (Wildman–Crippen LogP) is 2.21. The van der Waals surface area contributed by atoms with E-state index in [0.717, 1.165) is 12.2 Å². The van der Waals surface area contributed by atoms with Crippen LogP contribution in [0.15, 0.2) is 30.6 Å². The van der Waals surface area contributed by atoms with Crippen LogP contribution in [0.2, 0.25) is 0 Å². The summed E-state index contributed by atoms with van der Waals surface area (Å²) in [5.41, 5.74) is 4.91. The van der Waals surface area contributed by atoms with E-state index >= 15 is 0 Å². The van der Waals surface area contributed by atoms with Crippen LogP contribution in [0.1, 0.15) is 16.7 Å². The zero-order valence-corrected chi connectivity index (χ0v) is 9.99. The number of benzene rings is 1. The van der Waals surface area contributed by atoms with E-state index in [1.165, 1.54) is 16.7 Å². The standard InChI is InChI=1S/C13H17N3/c1-10-7-15-16(9-10)13-5-4-12(8-14-3)11(2)6-13/h4-7,9,14H,8H2,1-3H3. The number of hydrogen-bond donors (Lipinski definition) is 1. The molecule has 0 amide bonds. The van der Waals surface area contributed by atoms with Crippen molar-refractivity contribution in [3.63, 3.8) is 0 Å². The molecule has 3 heteroatoms. The van der Waals surface area contributed by atoms with Crippen LogP contribution in [-0.2, 0) is 6.54 Å². The first-order valence-electron chi connectivity index (χ1n) is 5.46. The van der Waals surface area contributed by atoms with E-state index in [0.29, 0.717) is 0 Å². The number of nitrogens with zero attached hydrogens (tertiary/aromatic N) is 2. The maximum Gasteiger partial charge on any atom is 0.0648 e. The second kappa shape index (κ2) is 4.49. The smallest absolute Gasteiger partial charge is 0.0648 e. The van der Waals surface area contributed by atoms with E-state index in [1.807, 2.05) is 31.0 Å². The van der Waals surface area contributed by atoms with Gasteiger partial charge in [0.25, 0.3) is 0 Å². The Labute approximate surface area is 96.1 Å². The average molecular weight is 215 g/mol. The van der Waals surface area contributed by atoms with Gasteiger partial charge in [-0.1, -0.05) is 6.07 Å². The van der Waals surface area contributed by atoms with Gasteiger partial charge in [0.15, 0.2) is 0 Å². The summed E-state index contributed by atoms with van der Waals surface area (Å²) in [5.74, 6) is 0.